The van der Waals surface area contributed by atoms with Crippen molar-refractivity contribution in [3.63, 3.8) is 0 Å². The molecular weight excluding hydrogens is 256 g/mol. The quantitative estimate of drug-likeness (QED) is 0.878. The number of thiophene rings is 1. The van der Waals surface area contributed by atoms with Crippen LogP contribution in [0.25, 0.3) is 0 Å². The predicted molar refractivity (Wildman–Crippen MR) is 80.9 cm³/mol. The number of nitrogens with one attached hydrogen (secondary N) is 2. The Morgan fingerprint density at radius 1 is 1.32 bits per heavy atom. The third-order valence-corrected chi connectivity index (χ3v) is 3.86. The fraction of sp³-hybridized carbons (Fsp3) is 0.267. The van der Waals surface area contributed by atoms with Crippen LogP contribution >= 0.6 is 11.3 Å². The highest BCUT2D eigenvalue weighted by molar-refractivity contribution is 7.12. The standard InChI is InChI=1S/C15H18N2OS/c1-3-12-7-8-19-14(12)15(18)17-13-6-4-5-11(9-13)10-16-2/h4-9,16H,3,10H2,1-2H3,(H,17,18). The fourth-order valence-electron chi connectivity index (χ4n) is 1.96. The average molecular weight is 274 g/mol. The zero-order valence-corrected chi connectivity index (χ0v) is 12.0. The molecule has 0 saturated carbocycles. The van der Waals surface area contributed by atoms with E-state index in [1.807, 2.05) is 42.8 Å². The first kappa shape index (κ1) is 13.8. The van der Waals surface area contributed by atoms with E-state index in [0.717, 1.165) is 34.7 Å². The summed E-state index contributed by atoms with van der Waals surface area (Å²) in [5.74, 6) is -0.0199. The first-order chi connectivity index (χ1) is 9.24. The van der Waals surface area contributed by atoms with Gasteiger partial charge in [0.25, 0.3) is 5.91 Å². The van der Waals surface area contributed by atoms with Crippen molar-refractivity contribution in [3.05, 3.63) is 51.7 Å². The number of aryl methyl sites for hydroxylation is 1. The van der Waals surface area contributed by atoms with Crippen LogP contribution in [0.3, 0.4) is 0 Å². The lowest BCUT2D eigenvalue weighted by atomic mass is 10.2. The monoisotopic (exact) mass is 274 g/mol. The van der Waals surface area contributed by atoms with Crippen molar-refractivity contribution in [1.29, 1.82) is 0 Å². The molecule has 0 aliphatic carbocycles. The van der Waals surface area contributed by atoms with Gasteiger partial charge in [-0.3, -0.25) is 4.79 Å². The van der Waals surface area contributed by atoms with Crippen molar-refractivity contribution in [2.45, 2.75) is 19.9 Å². The van der Waals surface area contributed by atoms with E-state index in [9.17, 15) is 4.79 Å². The number of amides is 1. The van der Waals surface area contributed by atoms with Crippen LogP contribution in [0.5, 0.6) is 0 Å². The van der Waals surface area contributed by atoms with E-state index >= 15 is 0 Å². The van der Waals surface area contributed by atoms with Crippen molar-refractivity contribution >= 4 is 22.9 Å². The maximum absolute atomic E-state index is 12.2. The van der Waals surface area contributed by atoms with Crippen LogP contribution in [-0.2, 0) is 13.0 Å². The van der Waals surface area contributed by atoms with Crippen LogP contribution < -0.4 is 10.6 Å². The maximum atomic E-state index is 12.2. The largest absolute Gasteiger partial charge is 0.321 e. The van der Waals surface area contributed by atoms with Crippen LogP contribution in [0, 0.1) is 0 Å². The molecule has 2 rings (SSSR count). The molecule has 1 aromatic carbocycles. The number of benzene rings is 1. The molecule has 100 valence electrons. The van der Waals surface area contributed by atoms with Gasteiger partial charge in [0.05, 0.1) is 4.88 Å². The van der Waals surface area contributed by atoms with E-state index in [4.69, 9.17) is 0 Å². The summed E-state index contributed by atoms with van der Waals surface area (Å²) >= 11 is 1.49. The summed E-state index contributed by atoms with van der Waals surface area (Å²) < 4.78 is 0. The van der Waals surface area contributed by atoms with E-state index in [-0.39, 0.29) is 5.91 Å². The molecule has 1 amide bonds. The number of anilines is 1. The predicted octanol–water partition coefficient (Wildman–Crippen LogP) is 3.28. The Bertz CT molecular complexity index is 563. The third kappa shape index (κ3) is 3.43. The number of carbonyl (C=O) groups is 1. The number of carbonyl (C=O) groups excluding carboxylic acids is 1. The summed E-state index contributed by atoms with van der Waals surface area (Å²) in [7, 11) is 1.91. The minimum absolute atomic E-state index is 0.0199. The van der Waals surface area contributed by atoms with Crippen LogP contribution in [0.1, 0.15) is 27.7 Å². The Morgan fingerprint density at radius 3 is 2.89 bits per heavy atom. The van der Waals surface area contributed by atoms with E-state index in [0.29, 0.717) is 0 Å². The Morgan fingerprint density at radius 2 is 2.16 bits per heavy atom. The molecule has 0 atom stereocenters. The molecule has 0 saturated heterocycles. The molecule has 0 spiro atoms. The molecule has 0 bridgehead atoms. The second kappa shape index (κ2) is 6.50. The van der Waals surface area contributed by atoms with Crippen LogP contribution in [-0.4, -0.2) is 13.0 Å². The Hall–Kier alpha value is -1.65. The second-order valence-corrected chi connectivity index (χ2v) is 5.23. The molecule has 2 aromatic rings. The van der Waals surface area contributed by atoms with E-state index in [1.165, 1.54) is 11.3 Å². The average Bonchev–Trinajstić information content (AvgIpc) is 2.88. The summed E-state index contributed by atoms with van der Waals surface area (Å²) in [6.45, 7) is 2.86. The van der Waals surface area contributed by atoms with Gasteiger partial charge in [-0.25, -0.2) is 0 Å². The van der Waals surface area contributed by atoms with Crippen molar-refractivity contribution < 1.29 is 4.79 Å². The minimum Gasteiger partial charge on any atom is -0.321 e. The molecule has 1 aromatic heterocycles. The van der Waals surface area contributed by atoms with Crippen molar-refractivity contribution in [3.8, 4) is 0 Å². The summed E-state index contributed by atoms with van der Waals surface area (Å²) in [5.41, 5.74) is 3.10. The van der Waals surface area contributed by atoms with E-state index in [2.05, 4.69) is 17.6 Å². The highest BCUT2D eigenvalue weighted by Gasteiger charge is 2.12. The third-order valence-electron chi connectivity index (χ3n) is 2.90. The van der Waals surface area contributed by atoms with Crippen molar-refractivity contribution in [1.82, 2.24) is 5.32 Å². The zero-order valence-electron chi connectivity index (χ0n) is 11.2. The minimum atomic E-state index is -0.0199. The molecule has 2 N–H and O–H groups in total. The molecule has 4 heteroatoms. The molecule has 1 heterocycles. The van der Waals surface area contributed by atoms with Crippen molar-refractivity contribution in [2.24, 2.45) is 0 Å². The van der Waals surface area contributed by atoms with Crippen LogP contribution in [0.4, 0.5) is 5.69 Å². The fourth-order valence-corrected chi connectivity index (χ4v) is 2.85. The Labute approximate surface area is 117 Å². The van der Waals surface area contributed by atoms with Gasteiger partial charge in [0.15, 0.2) is 0 Å². The Balaban J connectivity index is 2.12. The van der Waals surface area contributed by atoms with Crippen LogP contribution in [0.2, 0.25) is 0 Å². The maximum Gasteiger partial charge on any atom is 0.266 e. The molecule has 0 aliphatic heterocycles. The summed E-state index contributed by atoms with van der Waals surface area (Å²) in [6, 6.07) is 9.91. The topological polar surface area (TPSA) is 41.1 Å². The van der Waals surface area contributed by atoms with E-state index in [1.54, 1.807) is 0 Å². The second-order valence-electron chi connectivity index (χ2n) is 4.31. The number of rotatable bonds is 5. The molecular formula is C15H18N2OS. The molecule has 0 radical (unpaired) electrons. The highest BCUT2D eigenvalue weighted by Crippen LogP contribution is 2.19. The van der Waals surface area contributed by atoms with Gasteiger partial charge in [-0.2, -0.15) is 0 Å². The zero-order chi connectivity index (χ0) is 13.7. The lowest BCUT2D eigenvalue weighted by molar-refractivity contribution is 0.103. The lowest BCUT2D eigenvalue weighted by Gasteiger charge is -2.07. The molecule has 0 unspecified atom stereocenters. The lowest BCUT2D eigenvalue weighted by Crippen LogP contribution is -2.12. The number of hydrogen-bond donors (Lipinski definition) is 2. The van der Waals surface area contributed by atoms with Gasteiger partial charge >= 0.3 is 0 Å². The summed E-state index contributed by atoms with van der Waals surface area (Å²) in [6.07, 6.45) is 0.881. The number of hydrogen-bond acceptors (Lipinski definition) is 3. The van der Waals surface area contributed by atoms with Crippen molar-refractivity contribution in [2.75, 3.05) is 12.4 Å². The van der Waals surface area contributed by atoms with Gasteiger partial charge in [0.1, 0.15) is 0 Å². The van der Waals surface area contributed by atoms with Gasteiger partial charge < -0.3 is 10.6 Å². The SMILES string of the molecule is CCc1ccsc1C(=O)Nc1cccc(CNC)c1. The summed E-state index contributed by atoms with van der Waals surface area (Å²) in [4.78, 5) is 13.0. The van der Waals surface area contributed by atoms with Gasteiger partial charge in [0, 0.05) is 12.2 Å². The van der Waals surface area contributed by atoms with Gasteiger partial charge in [-0.05, 0) is 48.2 Å². The molecule has 0 fully saturated rings. The van der Waals surface area contributed by atoms with Crippen LogP contribution in [0.15, 0.2) is 35.7 Å². The highest BCUT2D eigenvalue weighted by atomic mass is 32.1. The van der Waals surface area contributed by atoms with Gasteiger partial charge in [0.2, 0.25) is 0 Å². The molecule has 0 aliphatic rings. The smallest absolute Gasteiger partial charge is 0.266 e. The van der Waals surface area contributed by atoms with E-state index < -0.39 is 0 Å². The first-order valence-corrected chi connectivity index (χ1v) is 7.23. The van der Waals surface area contributed by atoms with Gasteiger partial charge in [-0.1, -0.05) is 19.1 Å². The molecule has 19 heavy (non-hydrogen) atoms. The first-order valence-electron chi connectivity index (χ1n) is 6.36. The van der Waals surface area contributed by atoms with Gasteiger partial charge in [-0.15, -0.1) is 11.3 Å². The molecule has 3 nitrogen and oxygen atoms in total. The summed E-state index contributed by atoms with van der Waals surface area (Å²) in [5, 5.41) is 8.02. The normalized spacial score (nSPS) is 10.4. The Kier molecular flexibility index (Phi) is 4.71.